The van der Waals surface area contributed by atoms with E-state index in [1.165, 1.54) is 48.7 Å². The monoisotopic (exact) mass is 252 g/mol. The molecule has 2 nitrogen and oxygen atoms in total. The van der Waals surface area contributed by atoms with Crippen molar-refractivity contribution in [1.29, 1.82) is 0 Å². The van der Waals surface area contributed by atoms with Gasteiger partial charge in [0.1, 0.15) is 0 Å². The van der Waals surface area contributed by atoms with Gasteiger partial charge in [-0.3, -0.25) is 0 Å². The molecule has 1 saturated heterocycles. The highest BCUT2D eigenvalue weighted by atomic mass is 32.1. The van der Waals surface area contributed by atoms with Crippen molar-refractivity contribution in [2.75, 3.05) is 26.7 Å². The molecule has 0 aromatic carbocycles. The summed E-state index contributed by atoms with van der Waals surface area (Å²) in [5.41, 5.74) is 0. The fraction of sp³-hybridized carbons (Fsp3) is 0.714. The maximum absolute atomic E-state index is 3.49. The summed E-state index contributed by atoms with van der Waals surface area (Å²) in [5.74, 6) is 0.847. The predicted octanol–water partition coefficient (Wildman–Crippen LogP) is 2.74. The lowest BCUT2D eigenvalue weighted by Crippen LogP contribution is -2.36. The lowest BCUT2D eigenvalue weighted by Gasteiger charge is -2.27. The second kappa shape index (κ2) is 6.53. The quantitative estimate of drug-likeness (QED) is 0.867. The van der Waals surface area contributed by atoms with Crippen LogP contribution >= 0.6 is 11.3 Å². The number of hydrogen-bond donors (Lipinski definition) is 1. The van der Waals surface area contributed by atoms with Gasteiger partial charge < -0.3 is 10.2 Å². The highest BCUT2D eigenvalue weighted by Gasteiger charge is 2.15. The second-order valence-electron chi connectivity index (χ2n) is 5.13. The van der Waals surface area contributed by atoms with Gasteiger partial charge in [0.15, 0.2) is 0 Å². The molecule has 2 rings (SSSR count). The fourth-order valence-corrected chi connectivity index (χ4v) is 3.59. The molecule has 1 N–H and O–H groups in total. The van der Waals surface area contributed by atoms with Crippen molar-refractivity contribution in [3.8, 4) is 0 Å². The van der Waals surface area contributed by atoms with Crippen LogP contribution in [0.15, 0.2) is 12.1 Å². The first-order chi connectivity index (χ1) is 8.28. The standard InChI is InChI=1S/C14H24N2S/c1-3-13-6-7-14(17-13)11-16(2)10-12-5-4-8-15-9-12/h6-7,12,15H,3-5,8-11H2,1-2H3. The lowest BCUT2D eigenvalue weighted by atomic mass is 9.99. The first-order valence-corrected chi connectivity index (χ1v) is 7.56. The van der Waals surface area contributed by atoms with Gasteiger partial charge in [0.25, 0.3) is 0 Å². The van der Waals surface area contributed by atoms with Crippen molar-refractivity contribution >= 4 is 11.3 Å². The van der Waals surface area contributed by atoms with E-state index in [0.29, 0.717) is 0 Å². The molecular formula is C14H24N2S. The molecule has 0 saturated carbocycles. The molecule has 1 aromatic heterocycles. The van der Waals surface area contributed by atoms with Crippen molar-refractivity contribution in [3.63, 3.8) is 0 Å². The van der Waals surface area contributed by atoms with Gasteiger partial charge in [-0.05, 0) is 57.5 Å². The normalized spacial score (nSPS) is 21.0. The van der Waals surface area contributed by atoms with Crippen LogP contribution in [0.3, 0.4) is 0 Å². The van der Waals surface area contributed by atoms with E-state index in [1.54, 1.807) is 0 Å². The summed E-state index contributed by atoms with van der Waals surface area (Å²) in [6.07, 6.45) is 3.90. The predicted molar refractivity (Wildman–Crippen MR) is 75.6 cm³/mol. The molecule has 17 heavy (non-hydrogen) atoms. The van der Waals surface area contributed by atoms with Gasteiger partial charge in [0.2, 0.25) is 0 Å². The highest BCUT2D eigenvalue weighted by molar-refractivity contribution is 7.11. The minimum Gasteiger partial charge on any atom is -0.316 e. The van der Waals surface area contributed by atoms with E-state index in [0.717, 1.165) is 12.5 Å². The molecule has 1 fully saturated rings. The van der Waals surface area contributed by atoms with Gasteiger partial charge in [0, 0.05) is 22.8 Å². The van der Waals surface area contributed by atoms with E-state index in [2.05, 4.69) is 36.3 Å². The summed E-state index contributed by atoms with van der Waals surface area (Å²) in [6, 6.07) is 4.56. The smallest absolute Gasteiger partial charge is 0.0325 e. The number of rotatable bonds is 5. The zero-order valence-electron chi connectivity index (χ0n) is 11.0. The molecule has 96 valence electrons. The molecule has 0 spiro atoms. The Morgan fingerprint density at radius 2 is 2.24 bits per heavy atom. The van der Waals surface area contributed by atoms with E-state index in [4.69, 9.17) is 0 Å². The van der Waals surface area contributed by atoms with Crippen molar-refractivity contribution in [2.45, 2.75) is 32.7 Å². The van der Waals surface area contributed by atoms with Crippen LogP contribution in [0, 0.1) is 5.92 Å². The Labute approximate surface area is 109 Å². The SMILES string of the molecule is CCc1ccc(CN(C)CC2CCCNC2)s1. The number of aryl methyl sites for hydroxylation is 1. The van der Waals surface area contributed by atoms with Crippen LogP contribution in [0.25, 0.3) is 0 Å². The third-order valence-corrected chi connectivity index (χ3v) is 4.67. The van der Waals surface area contributed by atoms with Crippen LogP contribution in [0.1, 0.15) is 29.5 Å². The van der Waals surface area contributed by atoms with Crippen LogP contribution in [0.4, 0.5) is 0 Å². The van der Waals surface area contributed by atoms with Gasteiger partial charge in [-0.1, -0.05) is 6.92 Å². The van der Waals surface area contributed by atoms with Gasteiger partial charge in [-0.15, -0.1) is 11.3 Å². The second-order valence-corrected chi connectivity index (χ2v) is 6.38. The maximum Gasteiger partial charge on any atom is 0.0325 e. The van der Waals surface area contributed by atoms with Crippen LogP contribution in [-0.4, -0.2) is 31.6 Å². The summed E-state index contributed by atoms with van der Waals surface area (Å²) < 4.78 is 0. The summed E-state index contributed by atoms with van der Waals surface area (Å²) in [4.78, 5) is 5.49. The Morgan fingerprint density at radius 3 is 2.88 bits per heavy atom. The van der Waals surface area contributed by atoms with Crippen LogP contribution in [0.2, 0.25) is 0 Å². The molecule has 1 aromatic rings. The molecule has 0 aliphatic carbocycles. The molecule has 3 heteroatoms. The third-order valence-electron chi connectivity index (χ3n) is 3.46. The minimum atomic E-state index is 0.847. The van der Waals surface area contributed by atoms with Gasteiger partial charge in [-0.2, -0.15) is 0 Å². The van der Waals surface area contributed by atoms with Crippen molar-refractivity contribution < 1.29 is 0 Å². The lowest BCUT2D eigenvalue weighted by molar-refractivity contribution is 0.239. The van der Waals surface area contributed by atoms with Gasteiger partial charge in [0.05, 0.1) is 0 Å². The zero-order chi connectivity index (χ0) is 12.1. The molecule has 1 unspecified atom stereocenters. The van der Waals surface area contributed by atoms with Crippen LogP contribution in [0.5, 0.6) is 0 Å². The zero-order valence-corrected chi connectivity index (χ0v) is 11.9. The Morgan fingerprint density at radius 1 is 1.41 bits per heavy atom. The molecule has 1 aliphatic heterocycles. The average Bonchev–Trinajstić information content (AvgIpc) is 2.78. The van der Waals surface area contributed by atoms with E-state index in [1.807, 2.05) is 11.3 Å². The average molecular weight is 252 g/mol. The molecule has 0 amide bonds. The Hall–Kier alpha value is -0.380. The first-order valence-electron chi connectivity index (χ1n) is 6.74. The fourth-order valence-electron chi connectivity index (χ4n) is 2.55. The molecular weight excluding hydrogens is 228 g/mol. The van der Waals surface area contributed by atoms with Crippen molar-refractivity contribution in [3.05, 3.63) is 21.9 Å². The summed E-state index contributed by atoms with van der Waals surface area (Å²) >= 11 is 1.97. The minimum absolute atomic E-state index is 0.847. The van der Waals surface area contributed by atoms with Gasteiger partial charge in [-0.25, -0.2) is 0 Å². The summed E-state index contributed by atoms with van der Waals surface area (Å²) in [7, 11) is 2.25. The van der Waals surface area contributed by atoms with E-state index in [9.17, 15) is 0 Å². The molecule has 1 aliphatic rings. The number of hydrogen-bond acceptors (Lipinski definition) is 3. The van der Waals surface area contributed by atoms with Crippen molar-refractivity contribution in [1.82, 2.24) is 10.2 Å². The topological polar surface area (TPSA) is 15.3 Å². The summed E-state index contributed by atoms with van der Waals surface area (Å²) in [5, 5.41) is 3.49. The number of nitrogens with zero attached hydrogens (tertiary/aromatic N) is 1. The maximum atomic E-state index is 3.49. The molecule has 0 bridgehead atoms. The molecule has 1 atom stereocenters. The Kier molecular flexibility index (Phi) is 5.01. The van der Waals surface area contributed by atoms with Crippen molar-refractivity contribution in [2.24, 2.45) is 5.92 Å². The first kappa shape index (κ1) is 13.1. The number of nitrogens with one attached hydrogen (secondary N) is 1. The van der Waals surface area contributed by atoms with Gasteiger partial charge >= 0.3 is 0 Å². The van der Waals surface area contributed by atoms with E-state index >= 15 is 0 Å². The van der Waals surface area contributed by atoms with Crippen LogP contribution < -0.4 is 5.32 Å². The molecule has 2 heterocycles. The Bertz CT molecular complexity index is 329. The highest BCUT2D eigenvalue weighted by Crippen LogP contribution is 2.19. The number of piperidine rings is 1. The summed E-state index contributed by atoms with van der Waals surface area (Å²) in [6.45, 7) is 6.99. The molecule has 0 radical (unpaired) electrons. The van der Waals surface area contributed by atoms with E-state index < -0.39 is 0 Å². The number of thiophene rings is 1. The largest absolute Gasteiger partial charge is 0.316 e. The van der Waals surface area contributed by atoms with E-state index in [-0.39, 0.29) is 0 Å². The third kappa shape index (κ3) is 4.09. The Balaban J connectivity index is 1.77. The van der Waals surface area contributed by atoms with Crippen LogP contribution in [-0.2, 0) is 13.0 Å².